The Labute approximate surface area is 135 Å². The Hall–Kier alpha value is -1.75. The number of aromatic nitrogens is 2. The van der Waals surface area contributed by atoms with Gasteiger partial charge in [-0.05, 0) is 36.4 Å². The Bertz CT molecular complexity index is 817. The molecule has 1 heterocycles. The zero-order valence-corrected chi connectivity index (χ0v) is 12.7. The van der Waals surface area contributed by atoms with Gasteiger partial charge in [-0.25, -0.2) is 0 Å². The molecule has 0 atom stereocenters. The largest absolute Gasteiger partial charge is 0.399 e. The lowest BCUT2D eigenvalue weighted by atomic mass is 10.2. The van der Waals surface area contributed by atoms with E-state index in [0.29, 0.717) is 37.7 Å². The Morgan fingerprint density at radius 1 is 0.905 bits per heavy atom. The van der Waals surface area contributed by atoms with Gasteiger partial charge in [0.05, 0.1) is 15.6 Å². The third-order valence-corrected chi connectivity index (χ3v) is 3.70. The van der Waals surface area contributed by atoms with Crippen LogP contribution in [0.5, 0.6) is 0 Å². The van der Waals surface area contributed by atoms with Gasteiger partial charge >= 0.3 is 0 Å². The highest BCUT2D eigenvalue weighted by Crippen LogP contribution is 2.32. The Morgan fingerprint density at radius 2 is 1.71 bits per heavy atom. The minimum Gasteiger partial charge on any atom is -0.399 e. The van der Waals surface area contributed by atoms with E-state index in [-0.39, 0.29) is 5.89 Å². The van der Waals surface area contributed by atoms with E-state index in [9.17, 15) is 0 Å². The van der Waals surface area contributed by atoms with Gasteiger partial charge in [-0.15, -0.1) is 0 Å². The van der Waals surface area contributed by atoms with Crippen molar-refractivity contribution in [1.29, 1.82) is 0 Å². The van der Waals surface area contributed by atoms with E-state index in [0.717, 1.165) is 0 Å². The lowest BCUT2D eigenvalue weighted by Gasteiger charge is -2.00. The van der Waals surface area contributed by atoms with E-state index >= 15 is 0 Å². The summed E-state index contributed by atoms with van der Waals surface area (Å²) in [5.74, 6) is 0.624. The van der Waals surface area contributed by atoms with Crippen molar-refractivity contribution >= 4 is 40.5 Å². The standard InChI is InChI=1S/C14H8Cl3N3O/c15-7-1-3-9(12(17)5-7)13-19-14(21-20-13)10-6-8(18)2-4-11(10)16/h1-6H,18H2. The van der Waals surface area contributed by atoms with Gasteiger partial charge in [0.2, 0.25) is 5.82 Å². The molecule has 4 nitrogen and oxygen atoms in total. The lowest BCUT2D eigenvalue weighted by molar-refractivity contribution is 0.432. The predicted molar refractivity (Wildman–Crippen MR) is 84.6 cm³/mol. The molecule has 2 aromatic carbocycles. The Morgan fingerprint density at radius 3 is 2.48 bits per heavy atom. The van der Waals surface area contributed by atoms with E-state index < -0.39 is 0 Å². The van der Waals surface area contributed by atoms with Crippen LogP contribution >= 0.6 is 34.8 Å². The van der Waals surface area contributed by atoms with Gasteiger partial charge in [-0.3, -0.25) is 0 Å². The average Bonchev–Trinajstić information content (AvgIpc) is 2.91. The first-order chi connectivity index (χ1) is 10.0. The highest BCUT2D eigenvalue weighted by molar-refractivity contribution is 6.36. The van der Waals surface area contributed by atoms with Gasteiger partial charge in [0.25, 0.3) is 5.89 Å². The Kier molecular flexibility index (Phi) is 3.76. The Balaban J connectivity index is 2.06. The summed E-state index contributed by atoms with van der Waals surface area (Å²) >= 11 is 18.1. The van der Waals surface area contributed by atoms with Gasteiger partial charge in [0, 0.05) is 16.3 Å². The summed E-state index contributed by atoms with van der Waals surface area (Å²) in [6, 6.07) is 10.1. The molecule has 7 heteroatoms. The molecule has 0 saturated heterocycles. The predicted octanol–water partition coefficient (Wildman–Crippen LogP) is 4.95. The highest BCUT2D eigenvalue weighted by atomic mass is 35.5. The van der Waals surface area contributed by atoms with E-state index in [2.05, 4.69) is 10.1 Å². The number of nitrogens with two attached hydrogens (primary N) is 1. The van der Waals surface area contributed by atoms with Crippen LogP contribution in [0.4, 0.5) is 5.69 Å². The second-order valence-electron chi connectivity index (χ2n) is 4.29. The summed E-state index contributed by atoms with van der Waals surface area (Å²) in [5.41, 5.74) is 7.48. The zero-order chi connectivity index (χ0) is 15.0. The maximum atomic E-state index is 6.12. The van der Waals surface area contributed by atoms with Gasteiger partial charge in [0.15, 0.2) is 0 Å². The molecule has 0 aliphatic carbocycles. The first-order valence-electron chi connectivity index (χ1n) is 5.89. The summed E-state index contributed by atoms with van der Waals surface area (Å²) < 4.78 is 5.23. The number of benzene rings is 2. The van der Waals surface area contributed by atoms with E-state index in [4.69, 9.17) is 45.1 Å². The summed E-state index contributed by atoms with van der Waals surface area (Å²) in [5, 5.41) is 5.36. The molecular formula is C14H8Cl3N3O. The minimum atomic E-state index is 0.272. The fourth-order valence-corrected chi connectivity index (χ4v) is 2.51. The molecule has 1 aromatic heterocycles. The summed E-state index contributed by atoms with van der Waals surface area (Å²) in [4.78, 5) is 4.30. The molecule has 0 spiro atoms. The minimum absolute atomic E-state index is 0.272. The molecule has 2 N–H and O–H groups in total. The van der Waals surface area contributed by atoms with Crippen molar-refractivity contribution in [2.75, 3.05) is 5.73 Å². The van der Waals surface area contributed by atoms with Crippen molar-refractivity contribution in [3.63, 3.8) is 0 Å². The maximum absolute atomic E-state index is 6.12. The number of halogens is 3. The van der Waals surface area contributed by atoms with Crippen molar-refractivity contribution in [2.24, 2.45) is 0 Å². The van der Waals surface area contributed by atoms with Crippen LogP contribution in [0.1, 0.15) is 0 Å². The zero-order valence-electron chi connectivity index (χ0n) is 10.5. The number of nitrogen functional groups attached to an aromatic ring is 1. The third kappa shape index (κ3) is 2.83. The molecule has 3 rings (SSSR count). The summed E-state index contributed by atoms with van der Waals surface area (Å²) in [6.07, 6.45) is 0. The van der Waals surface area contributed by atoms with Crippen LogP contribution in [0.25, 0.3) is 22.8 Å². The number of hydrogen-bond donors (Lipinski definition) is 1. The second kappa shape index (κ2) is 5.56. The van der Waals surface area contributed by atoms with Gasteiger partial charge in [0.1, 0.15) is 0 Å². The van der Waals surface area contributed by atoms with Crippen LogP contribution in [-0.2, 0) is 0 Å². The van der Waals surface area contributed by atoms with Crippen LogP contribution in [0, 0.1) is 0 Å². The molecule has 0 aliphatic rings. The number of hydrogen-bond acceptors (Lipinski definition) is 4. The van der Waals surface area contributed by atoms with Crippen molar-refractivity contribution in [2.45, 2.75) is 0 Å². The maximum Gasteiger partial charge on any atom is 0.259 e. The molecule has 0 unspecified atom stereocenters. The van der Waals surface area contributed by atoms with Crippen molar-refractivity contribution in [1.82, 2.24) is 10.1 Å². The number of nitrogens with zero attached hydrogens (tertiary/aromatic N) is 2. The molecule has 106 valence electrons. The molecule has 3 aromatic rings. The molecule has 0 radical (unpaired) electrons. The van der Waals surface area contributed by atoms with Gasteiger partial charge in [-0.2, -0.15) is 4.98 Å². The van der Waals surface area contributed by atoms with Crippen LogP contribution in [-0.4, -0.2) is 10.1 Å². The van der Waals surface area contributed by atoms with Crippen molar-refractivity contribution in [3.05, 3.63) is 51.5 Å². The second-order valence-corrected chi connectivity index (χ2v) is 5.54. The summed E-state index contributed by atoms with van der Waals surface area (Å²) in [7, 11) is 0. The number of anilines is 1. The SMILES string of the molecule is Nc1ccc(Cl)c(-c2nc(-c3ccc(Cl)cc3Cl)no2)c1. The van der Waals surface area contributed by atoms with Crippen LogP contribution in [0.2, 0.25) is 15.1 Å². The van der Waals surface area contributed by atoms with Crippen molar-refractivity contribution in [3.8, 4) is 22.8 Å². The normalized spacial score (nSPS) is 10.8. The number of rotatable bonds is 2. The smallest absolute Gasteiger partial charge is 0.259 e. The molecule has 0 fully saturated rings. The van der Waals surface area contributed by atoms with E-state index in [1.165, 1.54) is 0 Å². The molecule has 0 bridgehead atoms. The first kappa shape index (κ1) is 14.2. The molecular weight excluding hydrogens is 333 g/mol. The quantitative estimate of drug-likeness (QED) is 0.671. The van der Waals surface area contributed by atoms with Crippen LogP contribution in [0.3, 0.4) is 0 Å². The first-order valence-corrected chi connectivity index (χ1v) is 7.02. The van der Waals surface area contributed by atoms with Crippen molar-refractivity contribution < 1.29 is 4.52 Å². The third-order valence-electron chi connectivity index (χ3n) is 2.82. The van der Waals surface area contributed by atoms with Gasteiger partial charge < -0.3 is 10.3 Å². The monoisotopic (exact) mass is 339 g/mol. The molecule has 0 saturated carbocycles. The fourth-order valence-electron chi connectivity index (χ4n) is 1.82. The van der Waals surface area contributed by atoms with Crippen LogP contribution < -0.4 is 5.73 Å². The topological polar surface area (TPSA) is 64.9 Å². The molecule has 0 amide bonds. The van der Waals surface area contributed by atoms with Crippen LogP contribution in [0.15, 0.2) is 40.9 Å². The average molecular weight is 341 g/mol. The molecule has 0 aliphatic heterocycles. The van der Waals surface area contributed by atoms with E-state index in [1.807, 2.05) is 0 Å². The van der Waals surface area contributed by atoms with Gasteiger partial charge in [-0.1, -0.05) is 40.0 Å². The fraction of sp³-hybridized carbons (Fsp3) is 0. The lowest BCUT2D eigenvalue weighted by Crippen LogP contribution is -1.87. The molecule has 21 heavy (non-hydrogen) atoms. The highest BCUT2D eigenvalue weighted by Gasteiger charge is 2.15. The van der Waals surface area contributed by atoms with E-state index in [1.54, 1.807) is 36.4 Å². The summed E-state index contributed by atoms with van der Waals surface area (Å²) in [6.45, 7) is 0.